The maximum atomic E-state index is 12.7. The molecule has 134 valence electrons. The first-order chi connectivity index (χ1) is 13.1. The van der Waals surface area contributed by atoms with Crippen molar-refractivity contribution in [3.05, 3.63) is 71.5 Å². The number of H-pyrrole nitrogens is 1. The molecule has 0 saturated carbocycles. The number of amides is 1. The third-order valence-electron chi connectivity index (χ3n) is 4.31. The molecule has 0 aliphatic heterocycles. The van der Waals surface area contributed by atoms with E-state index in [2.05, 4.69) is 25.5 Å². The molecule has 0 bridgehead atoms. The van der Waals surface area contributed by atoms with E-state index in [-0.39, 0.29) is 11.5 Å². The third kappa shape index (κ3) is 3.20. The summed E-state index contributed by atoms with van der Waals surface area (Å²) >= 11 is 0. The van der Waals surface area contributed by atoms with Gasteiger partial charge in [0, 0.05) is 11.3 Å². The Kier molecular flexibility index (Phi) is 4.21. The molecule has 4 rings (SSSR count). The second-order valence-electron chi connectivity index (χ2n) is 6.05. The van der Waals surface area contributed by atoms with Gasteiger partial charge in [0.05, 0.1) is 17.2 Å². The molecule has 8 nitrogen and oxygen atoms in total. The number of benzene rings is 2. The number of aromatic amines is 1. The maximum Gasteiger partial charge on any atom is 0.261 e. The Balaban J connectivity index is 1.59. The largest absolute Gasteiger partial charge is 0.324 e. The van der Waals surface area contributed by atoms with E-state index in [0.29, 0.717) is 22.4 Å². The molecule has 1 atom stereocenters. The number of carbonyl (C=O) groups is 1. The second-order valence-corrected chi connectivity index (χ2v) is 6.05. The van der Waals surface area contributed by atoms with Crippen LogP contribution >= 0.6 is 0 Å². The van der Waals surface area contributed by atoms with Gasteiger partial charge in [-0.1, -0.05) is 24.3 Å². The van der Waals surface area contributed by atoms with Crippen LogP contribution < -0.4 is 10.9 Å². The molecule has 0 aliphatic rings. The Bertz CT molecular complexity index is 1170. The van der Waals surface area contributed by atoms with E-state index >= 15 is 0 Å². The van der Waals surface area contributed by atoms with Gasteiger partial charge in [-0.3, -0.25) is 19.3 Å². The molecule has 0 radical (unpaired) electrons. The summed E-state index contributed by atoms with van der Waals surface area (Å²) in [4.78, 5) is 33.7. The number of hydrogen-bond donors (Lipinski definition) is 2. The summed E-state index contributed by atoms with van der Waals surface area (Å²) in [6.07, 6.45) is 2.82. The summed E-state index contributed by atoms with van der Waals surface area (Å²) in [5.74, 6) is 0.290. The minimum atomic E-state index is -0.719. The summed E-state index contributed by atoms with van der Waals surface area (Å²) in [6, 6.07) is 13.6. The van der Waals surface area contributed by atoms with Gasteiger partial charge in [-0.2, -0.15) is 5.10 Å². The van der Waals surface area contributed by atoms with E-state index in [9.17, 15) is 9.59 Å². The quantitative estimate of drug-likeness (QED) is 0.581. The highest BCUT2D eigenvalue weighted by molar-refractivity contribution is 5.94. The van der Waals surface area contributed by atoms with E-state index in [0.717, 1.165) is 5.56 Å². The van der Waals surface area contributed by atoms with Gasteiger partial charge in [-0.25, -0.2) is 9.97 Å². The molecule has 0 aliphatic carbocycles. The zero-order valence-corrected chi connectivity index (χ0v) is 14.5. The van der Waals surface area contributed by atoms with Crippen molar-refractivity contribution in [2.24, 2.45) is 0 Å². The van der Waals surface area contributed by atoms with Crippen molar-refractivity contribution in [2.75, 3.05) is 5.32 Å². The van der Waals surface area contributed by atoms with E-state index in [4.69, 9.17) is 0 Å². The topological polar surface area (TPSA) is 106 Å². The van der Waals surface area contributed by atoms with Crippen molar-refractivity contribution >= 4 is 22.5 Å². The van der Waals surface area contributed by atoms with Gasteiger partial charge in [0.2, 0.25) is 5.91 Å². The number of carbonyl (C=O) groups excluding carboxylic acids is 1. The molecule has 0 saturated heterocycles. The fourth-order valence-electron chi connectivity index (χ4n) is 2.82. The number of nitrogens with zero attached hydrogens (tertiary/aromatic N) is 4. The van der Waals surface area contributed by atoms with Gasteiger partial charge < -0.3 is 5.32 Å². The number of nitrogens with one attached hydrogen (secondary N) is 2. The molecule has 2 aromatic carbocycles. The number of fused-ring (bicyclic) bond motifs is 1. The van der Waals surface area contributed by atoms with Crippen LogP contribution in [0.15, 0.2) is 66.0 Å². The van der Waals surface area contributed by atoms with Crippen LogP contribution in [0.4, 0.5) is 5.69 Å². The van der Waals surface area contributed by atoms with Crippen molar-refractivity contribution in [2.45, 2.75) is 13.0 Å². The van der Waals surface area contributed by atoms with Gasteiger partial charge in [-0.15, -0.1) is 0 Å². The molecule has 8 heteroatoms. The minimum absolute atomic E-state index is 0.251. The Hall–Kier alpha value is -3.81. The molecule has 1 amide bonds. The van der Waals surface area contributed by atoms with Crippen LogP contribution in [0.1, 0.15) is 13.0 Å². The second kappa shape index (κ2) is 6.83. The summed E-state index contributed by atoms with van der Waals surface area (Å²) in [6.45, 7) is 1.66. The molecule has 2 heterocycles. The highest BCUT2D eigenvalue weighted by Gasteiger charge is 2.18. The van der Waals surface area contributed by atoms with E-state index in [1.807, 2.05) is 18.2 Å². The summed E-state index contributed by atoms with van der Waals surface area (Å²) in [5.41, 5.74) is 1.75. The van der Waals surface area contributed by atoms with E-state index in [1.165, 1.54) is 17.2 Å². The van der Waals surface area contributed by atoms with Crippen LogP contribution in [-0.2, 0) is 4.79 Å². The Labute approximate surface area is 153 Å². The van der Waals surface area contributed by atoms with Gasteiger partial charge >= 0.3 is 0 Å². The monoisotopic (exact) mass is 360 g/mol. The van der Waals surface area contributed by atoms with Gasteiger partial charge in [0.25, 0.3) is 5.56 Å². The number of anilines is 1. The molecular weight excluding hydrogens is 344 g/mol. The number of rotatable bonds is 4. The molecule has 0 fully saturated rings. The summed E-state index contributed by atoms with van der Waals surface area (Å²) < 4.78 is 1.33. The lowest BCUT2D eigenvalue weighted by Gasteiger charge is -2.15. The first-order valence-electron chi connectivity index (χ1n) is 8.36. The van der Waals surface area contributed by atoms with Gasteiger partial charge in [0.15, 0.2) is 5.82 Å². The SMILES string of the molecule is C[C@H](C(=O)Nc1cccc(-c2ncn[nH]2)c1)n1cnc2ccccc2c1=O. The molecule has 0 spiro atoms. The lowest BCUT2D eigenvalue weighted by Crippen LogP contribution is -2.31. The zero-order chi connectivity index (χ0) is 18.8. The predicted octanol–water partition coefficient (Wildman–Crippen LogP) is 2.38. The number of para-hydroxylation sites is 1. The standard InChI is InChI=1S/C19H16N6O2/c1-12(25-11-21-16-8-3-2-7-15(16)19(25)27)18(26)23-14-6-4-5-13(9-14)17-20-10-22-24-17/h2-12H,1H3,(H,23,26)(H,20,22,24)/t12-/m1/s1. The van der Waals surface area contributed by atoms with Crippen LogP contribution in [-0.4, -0.2) is 30.6 Å². The van der Waals surface area contributed by atoms with Crippen LogP contribution in [0.2, 0.25) is 0 Å². The normalized spacial score (nSPS) is 12.0. The van der Waals surface area contributed by atoms with Crippen molar-refractivity contribution in [3.63, 3.8) is 0 Å². The summed E-state index contributed by atoms with van der Waals surface area (Å²) in [7, 11) is 0. The van der Waals surface area contributed by atoms with Gasteiger partial charge in [0.1, 0.15) is 12.4 Å². The Morgan fingerprint density at radius 2 is 2.00 bits per heavy atom. The molecular formula is C19H16N6O2. The fourth-order valence-corrected chi connectivity index (χ4v) is 2.82. The van der Waals surface area contributed by atoms with Crippen LogP contribution in [0.25, 0.3) is 22.3 Å². The van der Waals surface area contributed by atoms with Crippen LogP contribution in [0, 0.1) is 0 Å². The number of aromatic nitrogens is 5. The molecule has 27 heavy (non-hydrogen) atoms. The smallest absolute Gasteiger partial charge is 0.261 e. The molecule has 2 N–H and O–H groups in total. The molecule has 0 unspecified atom stereocenters. The third-order valence-corrected chi connectivity index (χ3v) is 4.31. The minimum Gasteiger partial charge on any atom is -0.324 e. The first-order valence-corrected chi connectivity index (χ1v) is 8.36. The molecule has 2 aromatic heterocycles. The highest BCUT2D eigenvalue weighted by Crippen LogP contribution is 2.19. The van der Waals surface area contributed by atoms with Crippen molar-refractivity contribution in [1.82, 2.24) is 24.7 Å². The van der Waals surface area contributed by atoms with Crippen molar-refractivity contribution < 1.29 is 4.79 Å². The zero-order valence-electron chi connectivity index (χ0n) is 14.5. The maximum absolute atomic E-state index is 12.7. The van der Waals surface area contributed by atoms with Gasteiger partial charge in [-0.05, 0) is 31.2 Å². The van der Waals surface area contributed by atoms with Crippen LogP contribution in [0.5, 0.6) is 0 Å². The van der Waals surface area contributed by atoms with Crippen molar-refractivity contribution in [1.29, 1.82) is 0 Å². The average molecular weight is 360 g/mol. The fraction of sp³-hybridized carbons (Fsp3) is 0.105. The summed E-state index contributed by atoms with van der Waals surface area (Å²) in [5, 5.41) is 9.91. The average Bonchev–Trinajstić information content (AvgIpc) is 3.23. The van der Waals surface area contributed by atoms with E-state index in [1.54, 1.807) is 37.3 Å². The molecule has 4 aromatic rings. The Morgan fingerprint density at radius 3 is 2.81 bits per heavy atom. The van der Waals surface area contributed by atoms with Crippen LogP contribution in [0.3, 0.4) is 0 Å². The lowest BCUT2D eigenvalue weighted by molar-refractivity contribution is -0.118. The number of hydrogen-bond acceptors (Lipinski definition) is 5. The van der Waals surface area contributed by atoms with E-state index < -0.39 is 6.04 Å². The first kappa shape index (κ1) is 16.6. The highest BCUT2D eigenvalue weighted by atomic mass is 16.2. The predicted molar refractivity (Wildman–Crippen MR) is 101 cm³/mol. The van der Waals surface area contributed by atoms with Crippen molar-refractivity contribution in [3.8, 4) is 11.4 Å². The lowest BCUT2D eigenvalue weighted by atomic mass is 10.2. The Morgan fingerprint density at radius 1 is 1.15 bits per heavy atom.